The van der Waals surface area contributed by atoms with E-state index in [1.54, 1.807) is 18.2 Å². The van der Waals surface area contributed by atoms with E-state index >= 15 is 0 Å². The van der Waals surface area contributed by atoms with Crippen molar-refractivity contribution < 1.29 is 24.0 Å². The second kappa shape index (κ2) is 16.1. The van der Waals surface area contributed by atoms with E-state index < -0.39 is 23.8 Å². The van der Waals surface area contributed by atoms with Gasteiger partial charge in [0.15, 0.2) is 0 Å². The number of hydrogen-bond acceptors (Lipinski definition) is 8. The molecular weight excluding hydrogens is 766 g/mol. The third-order valence-electron chi connectivity index (χ3n) is 14.1. The first-order valence-corrected chi connectivity index (χ1v) is 21.6. The molecule has 9 rings (SSSR count). The summed E-state index contributed by atoms with van der Waals surface area (Å²) in [5.41, 5.74) is 5.39. The number of nitrogens with zero attached hydrogens (tertiary/aromatic N) is 6. The van der Waals surface area contributed by atoms with Crippen LogP contribution in [0.25, 0.3) is 4.85 Å². The molecule has 1 spiro atoms. The highest BCUT2D eigenvalue weighted by Crippen LogP contribution is 2.43. The van der Waals surface area contributed by atoms with E-state index in [1.807, 2.05) is 35.2 Å². The molecule has 59 heavy (non-hydrogen) atoms. The van der Waals surface area contributed by atoms with Gasteiger partial charge >= 0.3 is 0 Å². The molecule has 0 saturated carbocycles. The summed E-state index contributed by atoms with van der Waals surface area (Å²) < 4.78 is 0. The normalized spacial score (nSPS) is 22.9. The topological polar surface area (TPSA) is 118 Å². The van der Waals surface area contributed by atoms with Crippen molar-refractivity contribution in [3.8, 4) is 0 Å². The van der Waals surface area contributed by atoms with Gasteiger partial charge in [-0.05, 0) is 130 Å². The number of likely N-dealkylation sites (tertiary alicyclic amines) is 2. The first kappa shape index (κ1) is 39.2. The maximum atomic E-state index is 13.6. The van der Waals surface area contributed by atoms with Crippen LogP contribution >= 0.6 is 11.6 Å². The Morgan fingerprint density at radius 1 is 0.763 bits per heavy atom. The smallest absolute Gasteiger partial charge is 0.262 e. The number of carbonyl (C=O) groups excluding carboxylic acids is 5. The molecule has 0 aromatic heterocycles. The monoisotopic (exact) mass is 815 g/mol. The number of benzene rings is 3. The second-order valence-corrected chi connectivity index (χ2v) is 17.9. The number of halogens is 1. The van der Waals surface area contributed by atoms with E-state index in [2.05, 4.69) is 37.0 Å². The first-order valence-electron chi connectivity index (χ1n) is 21.2. The van der Waals surface area contributed by atoms with Gasteiger partial charge in [0.05, 0.1) is 17.7 Å². The molecule has 0 radical (unpaired) electrons. The van der Waals surface area contributed by atoms with Gasteiger partial charge in [0.1, 0.15) is 6.04 Å². The molecular formula is C46H50ClN7O5. The van der Waals surface area contributed by atoms with E-state index in [0.29, 0.717) is 33.7 Å². The van der Waals surface area contributed by atoms with Crippen LogP contribution in [0.5, 0.6) is 0 Å². The Balaban J connectivity index is 0.713. The summed E-state index contributed by atoms with van der Waals surface area (Å²) >= 11 is 6.33. The molecule has 5 saturated heterocycles. The van der Waals surface area contributed by atoms with Crippen LogP contribution in [-0.2, 0) is 9.59 Å². The summed E-state index contributed by atoms with van der Waals surface area (Å²) in [7, 11) is 0. The number of nitrogens with one attached hydrogen (secondary N) is 1. The SMILES string of the molecule is [C-]#[N+]c1ccc(N2CCC3(CCN(C(=O)c4ccc(C5CCN(CC6CCN(c7ccc8c(c7)C(=O)N(C7CCC(=O)NC7=O)C8=O)CC6)CC5)cc4)CC3)C2)cc1Cl. The standard InChI is InChI=1S/C46H50ClN7O5/c1-48-39-9-7-35(27-38(39)47)53-25-18-46(29-53)16-23-52(24-17-46)43(57)33-4-2-31(3-5-33)32-14-19-50(20-15-32)28-30-12-21-51(22-13-30)34-6-8-36-37(26-34)45(59)54(44(36)58)40-10-11-41(55)49-42(40)56/h2-9,26-27,30,32,40H,10-25,28-29H2,(H,49,55,56). The highest BCUT2D eigenvalue weighted by atomic mass is 35.5. The quantitative estimate of drug-likeness (QED) is 0.212. The molecule has 6 heterocycles. The maximum absolute atomic E-state index is 13.6. The fourth-order valence-electron chi connectivity index (χ4n) is 10.5. The fourth-order valence-corrected chi connectivity index (χ4v) is 10.7. The summed E-state index contributed by atoms with van der Waals surface area (Å²) in [6.07, 6.45) is 7.64. The van der Waals surface area contributed by atoms with Gasteiger partial charge < -0.3 is 19.6 Å². The Kier molecular flexibility index (Phi) is 10.7. The zero-order valence-electron chi connectivity index (χ0n) is 33.3. The molecule has 13 heteroatoms. The van der Waals surface area contributed by atoms with Crippen LogP contribution in [0.3, 0.4) is 0 Å². The van der Waals surface area contributed by atoms with Crippen molar-refractivity contribution >= 4 is 58.2 Å². The first-order chi connectivity index (χ1) is 28.6. The van der Waals surface area contributed by atoms with Gasteiger partial charge in [0.25, 0.3) is 17.7 Å². The van der Waals surface area contributed by atoms with Gasteiger partial charge in [-0.1, -0.05) is 29.8 Å². The number of imide groups is 2. The average molecular weight is 816 g/mol. The molecule has 12 nitrogen and oxygen atoms in total. The summed E-state index contributed by atoms with van der Waals surface area (Å²) in [6, 6.07) is 18.5. The number of fused-ring (bicyclic) bond motifs is 1. The molecule has 6 aliphatic heterocycles. The minimum absolute atomic E-state index is 0.0998. The number of anilines is 2. The van der Waals surface area contributed by atoms with Crippen molar-refractivity contribution in [3.63, 3.8) is 0 Å². The minimum Gasteiger partial charge on any atom is -0.371 e. The fraction of sp³-hybridized carbons (Fsp3) is 0.478. The summed E-state index contributed by atoms with van der Waals surface area (Å²) in [6.45, 7) is 15.7. The average Bonchev–Trinajstić information content (AvgIpc) is 3.78. The zero-order chi connectivity index (χ0) is 40.8. The predicted molar refractivity (Wildman–Crippen MR) is 225 cm³/mol. The lowest BCUT2D eigenvalue weighted by Crippen LogP contribution is -2.54. The van der Waals surface area contributed by atoms with E-state index in [4.69, 9.17) is 18.2 Å². The molecule has 0 aliphatic carbocycles. The molecule has 1 unspecified atom stereocenters. The van der Waals surface area contributed by atoms with Crippen molar-refractivity contribution in [1.29, 1.82) is 0 Å². The Bertz CT molecular complexity index is 2210. The molecule has 1 atom stereocenters. The van der Waals surface area contributed by atoms with E-state index in [0.717, 1.165) is 126 Å². The number of amides is 5. The van der Waals surface area contributed by atoms with Crippen LogP contribution in [-0.4, -0.2) is 109 Å². The highest BCUT2D eigenvalue weighted by molar-refractivity contribution is 6.33. The van der Waals surface area contributed by atoms with Crippen molar-refractivity contribution in [3.05, 3.63) is 99.4 Å². The van der Waals surface area contributed by atoms with Gasteiger partial charge in [-0.25, -0.2) is 4.85 Å². The minimum atomic E-state index is -0.963. The summed E-state index contributed by atoms with van der Waals surface area (Å²) in [5.74, 6) is -0.724. The Morgan fingerprint density at radius 3 is 2.14 bits per heavy atom. The molecule has 3 aromatic carbocycles. The number of rotatable bonds is 7. The summed E-state index contributed by atoms with van der Waals surface area (Å²) in [5, 5.41) is 2.75. The predicted octanol–water partition coefficient (Wildman–Crippen LogP) is 6.52. The van der Waals surface area contributed by atoms with Crippen LogP contribution in [0.2, 0.25) is 5.02 Å². The van der Waals surface area contributed by atoms with Crippen molar-refractivity contribution in [2.24, 2.45) is 11.3 Å². The van der Waals surface area contributed by atoms with Gasteiger partial charge in [0.2, 0.25) is 17.5 Å². The lowest BCUT2D eigenvalue weighted by atomic mass is 9.77. The van der Waals surface area contributed by atoms with Crippen molar-refractivity contribution in [2.45, 2.75) is 69.7 Å². The van der Waals surface area contributed by atoms with Crippen molar-refractivity contribution in [1.82, 2.24) is 20.0 Å². The maximum Gasteiger partial charge on any atom is 0.262 e. The molecule has 3 aromatic rings. The third kappa shape index (κ3) is 7.71. The summed E-state index contributed by atoms with van der Waals surface area (Å²) in [4.78, 5) is 77.9. The Morgan fingerprint density at radius 2 is 1.44 bits per heavy atom. The lowest BCUT2D eigenvalue weighted by molar-refractivity contribution is -0.136. The highest BCUT2D eigenvalue weighted by Gasteiger charge is 2.45. The van der Waals surface area contributed by atoms with Gasteiger partial charge in [-0.3, -0.25) is 34.2 Å². The van der Waals surface area contributed by atoms with Crippen molar-refractivity contribution in [2.75, 3.05) is 68.7 Å². The molecule has 1 N–H and O–H groups in total. The Labute approximate surface area is 350 Å². The van der Waals surface area contributed by atoms with E-state index in [-0.39, 0.29) is 30.1 Å². The number of carbonyl (C=O) groups is 5. The molecule has 5 fully saturated rings. The van der Waals surface area contributed by atoms with E-state index in [1.165, 1.54) is 5.56 Å². The van der Waals surface area contributed by atoms with Gasteiger partial charge in [0, 0.05) is 74.2 Å². The number of hydrogen-bond donors (Lipinski definition) is 1. The largest absolute Gasteiger partial charge is 0.371 e. The molecule has 0 bridgehead atoms. The van der Waals surface area contributed by atoms with Gasteiger partial charge in [-0.2, -0.15) is 0 Å². The van der Waals surface area contributed by atoms with Gasteiger partial charge in [-0.15, -0.1) is 0 Å². The third-order valence-corrected chi connectivity index (χ3v) is 14.4. The van der Waals surface area contributed by atoms with Crippen LogP contribution in [0.1, 0.15) is 100 Å². The zero-order valence-corrected chi connectivity index (χ0v) is 34.1. The van der Waals surface area contributed by atoms with Crippen LogP contribution in [0, 0.1) is 17.9 Å². The van der Waals surface area contributed by atoms with Crippen LogP contribution in [0.4, 0.5) is 17.1 Å². The lowest BCUT2D eigenvalue weighted by Gasteiger charge is -2.39. The van der Waals surface area contributed by atoms with Crippen LogP contribution in [0.15, 0.2) is 60.7 Å². The molecule has 6 aliphatic rings. The molecule has 5 amide bonds. The Hall–Kier alpha value is -5.25. The van der Waals surface area contributed by atoms with E-state index in [9.17, 15) is 24.0 Å². The second-order valence-electron chi connectivity index (χ2n) is 17.5. The van der Waals surface area contributed by atoms with Crippen LogP contribution < -0.4 is 15.1 Å². The number of piperidine rings is 4. The molecule has 306 valence electrons.